The molecule has 4 nitrogen and oxygen atoms in total. The summed E-state index contributed by atoms with van der Waals surface area (Å²) in [6, 6.07) is -6.47. The van der Waals surface area contributed by atoms with Crippen molar-refractivity contribution in [2.45, 2.75) is 31.5 Å². The Kier molecular flexibility index (Phi) is 3.14. The summed E-state index contributed by atoms with van der Waals surface area (Å²) < 4.78 is 125. The molecule has 0 aromatic heterocycles. The first-order valence-corrected chi connectivity index (χ1v) is 10.2. The third-order valence-corrected chi connectivity index (χ3v) is 5.24. The first kappa shape index (κ1) is 10.2. The van der Waals surface area contributed by atoms with Gasteiger partial charge in [-0.05, 0) is 54.6 Å². The number of benzene rings is 3. The standard InChI is InChI=1S/C27H29NO3/c1-3-8-22(9-4-1)27(23-10-5-2-6-11-23)31-24-12-7-16-28(19-24)17-15-21-13-14-25-26(18-21)30-20-29-25/h1-6,8-11,13-14,18,24,27H,7,12,15-17,19-20H2/t24-/m1/s1/i1D,2D,3D,4D,5D,6D,8D,9D,10D,11D,13D,14D,18D. The summed E-state index contributed by atoms with van der Waals surface area (Å²) in [7, 11) is 0. The average Bonchev–Trinajstić information content (AvgIpc) is 3.51. The van der Waals surface area contributed by atoms with E-state index in [4.69, 9.17) is 32.0 Å². The first-order valence-electron chi connectivity index (χ1n) is 16.7. The topological polar surface area (TPSA) is 30.9 Å². The molecule has 0 radical (unpaired) electrons. The van der Waals surface area contributed by atoms with Crippen molar-refractivity contribution in [2.75, 3.05) is 26.4 Å². The minimum Gasteiger partial charge on any atom is -0.454 e. The molecule has 2 heterocycles. The van der Waals surface area contributed by atoms with Gasteiger partial charge in [0.2, 0.25) is 6.79 Å². The molecule has 0 spiro atoms. The second kappa shape index (κ2) is 9.54. The summed E-state index contributed by atoms with van der Waals surface area (Å²) in [5, 5.41) is 0. The molecule has 0 aliphatic carbocycles. The molecule has 4 heteroatoms. The van der Waals surface area contributed by atoms with Gasteiger partial charge in [0.15, 0.2) is 11.5 Å². The van der Waals surface area contributed by atoms with E-state index < -0.39 is 72.6 Å². The summed E-state index contributed by atoms with van der Waals surface area (Å²) >= 11 is 0. The zero-order valence-electron chi connectivity index (χ0n) is 29.8. The molecule has 1 atom stereocenters. The Morgan fingerprint density at radius 1 is 0.935 bits per heavy atom. The highest BCUT2D eigenvalue weighted by atomic mass is 16.7. The lowest BCUT2D eigenvalue weighted by atomic mass is 10.00. The van der Waals surface area contributed by atoms with Gasteiger partial charge in [0.25, 0.3) is 0 Å². The number of ether oxygens (including phenoxy) is 3. The second-order valence-electron chi connectivity index (χ2n) is 7.33. The first-order chi connectivity index (χ1) is 20.8. The van der Waals surface area contributed by atoms with Crippen molar-refractivity contribution in [3.05, 3.63) is 95.2 Å². The number of fused-ring (bicyclic) bond motifs is 1. The third kappa shape index (κ3) is 4.92. The monoisotopic (exact) mass is 428 g/mol. The minimum atomic E-state index is -1.57. The molecule has 3 aromatic carbocycles. The molecule has 5 rings (SSSR count). The van der Waals surface area contributed by atoms with Gasteiger partial charge >= 0.3 is 0 Å². The predicted molar refractivity (Wildman–Crippen MR) is 122 cm³/mol. The van der Waals surface area contributed by atoms with E-state index in [1.807, 2.05) is 4.90 Å². The summed E-state index contributed by atoms with van der Waals surface area (Å²) in [4.78, 5) is 2.00. The maximum atomic E-state index is 8.55. The molecule has 1 fully saturated rings. The Morgan fingerprint density at radius 3 is 2.39 bits per heavy atom. The lowest BCUT2D eigenvalue weighted by Crippen LogP contribution is -2.41. The van der Waals surface area contributed by atoms with Crippen LogP contribution in [0, 0.1) is 0 Å². The molecule has 3 aromatic rings. The Hall–Kier alpha value is -2.82. The van der Waals surface area contributed by atoms with Crippen molar-refractivity contribution in [3.63, 3.8) is 0 Å². The van der Waals surface area contributed by atoms with E-state index in [0.29, 0.717) is 31.5 Å². The van der Waals surface area contributed by atoms with E-state index in [0.717, 1.165) is 0 Å². The molecular formula is C27H29NO3. The predicted octanol–water partition coefficient (Wildman–Crippen LogP) is 5.23. The van der Waals surface area contributed by atoms with Crippen LogP contribution in [-0.4, -0.2) is 37.4 Å². The second-order valence-corrected chi connectivity index (χ2v) is 7.33. The van der Waals surface area contributed by atoms with E-state index in [1.165, 1.54) is 0 Å². The van der Waals surface area contributed by atoms with Crippen molar-refractivity contribution in [1.29, 1.82) is 0 Å². The minimum absolute atomic E-state index is 0.00857. The van der Waals surface area contributed by atoms with Crippen LogP contribution < -0.4 is 9.47 Å². The van der Waals surface area contributed by atoms with Gasteiger partial charge in [-0.3, -0.25) is 0 Å². The van der Waals surface area contributed by atoms with Crippen LogP contribution in [0.3, 0.4) is 0 Å². The number of rotatable bonds is 7. The van der Waals surface area contributed by atoms with Crippen LogP contribution in [0.15, 0.2) is 78.6 Å². The lowest BCUT2D eigenvalue weighted by Gasteiger charge is -2.35. The average molecular weight is 429 g/mol. The fraction of sp³-hybridized carbons (Fsp3) is 0.333. The summed E-state index contributed by atoms with van der Waals surface area (Å²) in [5.41, 5.74) is -0.321. The Labute approximate surface area is 202 Å². The van der Waals surface area contributed by atoms with Crippen LogP contribution in [0.25, 0.3) is 0 Å². The third-order valence-electron chi connectivity index (χ3n) is 5.24. The van der Waals surface area contributed by atoms with Crippen molar-refractivity contribution in [2.24, 2.45) is 0 Å². The van der Waals surface area contributed by atoms with E-state index in [1.54, 1.807) is 0 Å². The highest BCUT2D eigenvalue weighted by molar-refractivity contribution is 5.44. The molecule has 0 saturated carbocycles. The maximum absolute atomic E-state index is 8.55. The largest absolute Gasteiger partial charge is 0.454 e. The van der Waals surface area contributed by atoms with Crippen molar-refractivity contribution < 1.29 is 32.0 Å². The van der Waals surface area contributed by atoms with E-state index >= 15 is 0 Å². The highest BCUT2D eigenvalue weighted by Gasteiger charge is 2.25. The van der Waals surface area contributed by atoms with Gasteiger partial charge in [-0.2, -0.15) is 0 Å². The molecule has 0 N–H and O–H groups in total. The Morgan fingerprint density at radius 2 is 1.65 bits per heavy atom. The molecule has 160 valence electrons. The lowest BCUT2D eigenvalue weighted by molar-refractivity contribution is -0.0330. The van der Waals surface area contributed by atoms with Crippen LogP contribution in [-0.2, 0) is 11.2 Å². The molecule has 2 aliphatic heterocycles. The van der Waals surface area contributed by atoms with E-state index in [9.17, 15) is 0 Å². The molecule has 0 bridgehead atoms. The number of hydrogen-bond acceptors (Lipinski definition) is 4. The summed E-state index contributed by atoms with van der Waals surface area (Å²) in [6.45, 7) is 1.18. The van der Waals surface area contributed by atoms with E-state index in [2.05, 4.69) is 0 Å². The van der Waals surface area contributed by atoms with Gasteiger partial charge in [-0.25, -0.2) is 0 Å². The Balaban J connectivity index is 1.48. The van der Waals surface area contributed by atoms with Crippen molar-refractivity contribution in [3.8, 4) is 11.5 Å². The quantitative estimate of drug-likeness (QED) is 0.516. The van der Waals surface area contributed by atoms with Crippen LogP contribution in [0.1, 0.15) is 53.5 Å². The molecule has 2 aliphatic rings. The van der Waals surface area contributed by atoms with E-state index in [-0.39, 0.29) is 60.5 Å². The molecular weight excluding hydrogens is 386 g/mol. The van der Waals surface area contributed by atoms with Crippen LogP contribution >= 0.6 is 0 Å². The molecule has 31 heavy (non-hydrogen) atoms. The highest BCUT2D eigenvalue weighted by Crippen LogP contribution is 2.33. The van der Waals surface area contributed by atoms with Crippen LogP contribution in [0.4, 0.5) is 0 Å². The molecule has 0 unspecified atom stereocenters. The smallest absolute Gasteiger partial charge is 0.231 e. The fourth-order valence-electron chi connectivity index (χ4n) is 3.74. The Bertz CT molecular complexity index is 1520. The number of hydrogen-bond donors (Lipinski definition) is 0. The van der Waals surface area contributed by atoms with Crippen molar-refractivity contribution >= 4 is 0 Å². The maximum Gasteiger partial charge on any atom is 0.231 e. The molecule has 1 saturated heterocycles. The van der Waals surface area contributed by atoms with Crippen LogP contribution in [0.2, 0.25) is 0 Å². The van der Waals surface area contributed by atoms with Gasteiger partial charge < -0.3 is 19.1 Å². The van der Waals surface area contributed by atoms with Gasteiger partial charge in [-0.1, -0.05) is 66.5 Å². The van der Waals surface area contributed by atoms with Gasteiger partial charge in [0.05, 0.1) is 23.9 Å². The van der Waals surface area contributed by atoms with Crippen LogP contribution in [0.5, 0.6) is 11.5 Å². The van der Waals surface area contributed by atoms with Gasteiger partial charge in [0.1, 0.15) is 6.10 Å². The summed E-state index contributed by atoms with van der Waals surface area (Å²) in [6.07, 6.45) is -0.827. The number of likely N-dealkylation sites (tertiary alicyclic amines) is 1. The summed E-state index contributed by atoms with van der Waals surface area (Å²) in [5.74, 6) is 0.225. The fourth-order valence-corrected chi connectivity index (χ4v) is 3.74. The zero-order valence-corrected chi connectivity index (χ0v) is 16.8. The molecule has 0 amide bonds. The van der Waals surface area contributed by atoms with Gasteiger partial charge in [0, 0.05) is 13.1 Å². The normalized spacial score (nSPS) is 24.3. The number of piperidine rings is 1. The number of nitrogens with zero attached hydrogens (tertiary/aromatic N) is 1. The van der Waals surface area contributed by atoms with Crippen molar-refractivity contribution in [1.82, 2.24) is 4.90 Å². The zero-order chi connectivity index (χ0) is 32.2. The van der Waals surface area contributed by atoms with Gasteiger partial charge in [-0.15, -0.1) is 0 Å². The SMILES string of the molecule is [2H]c1c([2H])c([2H])c(C(O[C@@H]2CCCN(CCc3c([2H])c([2H])c4c(c3[2H])OCO4)C2)c2c([2H])c([2H])c([2H])c([2H])c2[2H])c([2H])c1[2H].